The van der Waals surface area contributed by atoms with Crippen molar-refractivity contribution in [2.24, 2.45) is 50.7 Å². The SMILES string of the molecule is CC(C(O)CC(O)C(C)(C)O)C1C(OC2OC(CO)C(O)C(O)C2O)CC2(C)C3CCC4C(C)(C)C(OC5OCC(O)C(O)C5O)CCC45CC35CCC12C. The van der Waals surface area contributed by atoms with Gasteiger partial charge in [-0.1, -0.05) is 34.6 Å². The summed E-state index contributed by atoms with van der Waals surface area (Å²) in [5.74, 6) is -0.00182. The molecule has 318 valence electrons. The Balaban J connectivity index is 1.17. The van der Waals surface area contributed by atoms with Gasteiger partial charge < -0.3 is 70.0 Å². The van der Waals surface area contributed by atoms with Crippen molar-refractivity contribution < 1.29 is 70.0 Å². The largest absolute Gasteiger partial charge is 0.394 e. The average molecular weight is 787 g/mol. The van der Waals surface area contributed by atoms with Crippen molar-refractivity contribution in [3.05, 3.63) is 0 Å². The fourth-order valence-corrected chi connectivity index (χ4v) is 14.1. The van der Waals surface area contributed by atoms with Crippen molar-refractivity contribution in [1.29, 1.82) is 0 Å². The van der Waals surface area contributed by atoms with Gasteiger partial charge in [0.2, 0.25) is 0 Å². The van der Waals surface area contributed by atoms with Gasteiger partial charge in [0, 0.05) is 6.42 Å². The number of hydrogen-bond acceptors (Lipinski definition) is 14. The molecule has 5 saturated carbocycles. The molecule has 21 atom stereocenters. The van der Waals surface area contributed by atoms with Crippen LogP contribution in [-0.4, -0.2) is 150 Å². The fraction of sp³-hybridized carbons (Fsp3) is 1.00. The Morgan fingerprint density at radius 1 is 0.764 bits per heavy atom. The highest BCUT2D eigenvalue weighted by atomic mass is 16.7. The molecule has 0 aromatic rings. The van der Waals surface area contributed by atoms with Crippen LogP contribution < -0.4 is 0 Å². The molecule has 2 heterocycles. The molecule has 7 rings (SSSR count). The number of rotatable bonds is 10. The van der Waals surface area contributed by atoms with E-state index in [1.165, 1.54) is 13.8 Å². The van der Waals surface area contributed by atoms with Gasteiger partial charge in [-0.15, -0.1) is 0 Å². The molecule has 0 aromatic carbocycles. The Morgan fingerprint density at radius 3 is 2.05 bits per heavy atom. The van der Waals surface area contributed by atoms with Crippen molar-refractivity contribution in [2.45, 2.75) is 192 Å². The van der Waals surface area contributed by atoms with E-state index in [4.69, 9.17) is 18.9 Å². The minimum atomic E-state index is -1.59. The third-order valence-electron chi connectivity index (χ3n) is 17.4. The highest BCUT2D eigenvalue weighted by Gasteiger charge is 2.83. The van der Waals surface area contributed by atoms with Gasteiger partial charge >= 0.3 is 0 Å². The molecular weight excluding hydrogens is 716 g/mol. The van der Waals surface area contributed by atoms with E-state index in [0.717, 1.165) is 44.9 Å². The molecule has 14 heteroatoms. The van der Waals surface area contributed by atoms with E-state index in [1.807, 2.05) is 6.92 Å². The van der Waals surface area contributed by atoms with E-state index in [0.29, 0.717) is 18.3 Å². The summed E-state index contributed by atoms with van der Waals surface area (Å²) in [6.07, 6.45) is -7.73. The Labute approximate surface area is 325 Å². The second-order valence-electron chi connectivity index (χ2n) is 20.7. The maximum atomic E-state index is 11.7. The van der Waals surface area contributed by atoms with Gasteiger partial charge in [0.25, 0.3) is 0 Å². The lowest BCUT2D eigenvalue weighted by Gasteiger charge is -2.63. The van der Waals surface area contributed by atoms with Crippen LogP contribution in [0.15, 0.2) is 0 Å². The first-order valence-electron chi connectivity index (χ1n) is 20.9. The molecule has 55 heavy (non-hydrogen) atoms. The first-order valence-corrected chi connectivity index (χ1v) is 20.9. The fourth-order valence-electron chi connectivity index (χ4n) is 14.1. The first-order chi connectivity index (χ1) is 25.5. The molecule has 5 aliphatic carbocycles. The molecule has 0 aromatic heterocycles. The maximum Gasteiger partial charge on any atom is 0.186 e. The average Bonchev–Trinajstić information content (AvgIpc) is 3.72. The minimum Gasteiger partial charge on any atom is -0.394 e. The molecular formula is C41H70O14. The van der Waals surface area contributed by atoms with E-state index in [1.54, 1.807) is 0 Å². The van der Waals surface area contributed by atoms with Gasteiger partial charge in [-0.2, -0.15) is 0 Å². The summed E-state index contributed by atoms with van der Waals surface area (Å²) in [5.41, 5.74) is -2.13. The highest BCUT2D eigenvalue weighted by molar-refractivity contribution is 5.31. The molecule has 10 N–H and O–H groups in total. The van der Waals surface area contributed by atoms with Crippen LogP contribution in [0.5, 0.6) is 0 Å². The lowest BCUT2D eigenvalue weighted by atomic mass is 9.41. The third-order valence-corrected chi connectivity index (χ3v) is 17.4. The van der Waals surface area contributed by atoms with E-state index in [9.17, 15) is 51.1 Å². The van der Waals surface area contributed by atoms with E-state index >= 15 is 0 Å². The van der Waals surface area contributed by atoms with E-state index < -0.39 is 91.7 Å². The lowest BCUT2D eigenvalue weighted by Crippen LogP contribution is -2.60. The van der Waals surface area contributed by atoms with Crippen LogP contribution in [0.4, 0.5) is 0 Å². The Morgan fingerprint density at radius 2 is 1.40 bits per heavy atom. The van der Waals surface area contributed by atoms with Crippen molar-refractivity contribution in [3.8, 4) is 0 Å². The van der Waals surface area contributed by atoms with Gasteiger partial charge in [0.15, 0.2) is 12.6 Å². The summed E-state index contributed by atoms with van der Waals surface area (Å²) >= 11 is 0. The molecule has 2 spiro atoms. The predicted octanol–water partition coefficient (Wildman–Crippen LogP) is 0.564. The van der Waals surface area contributed by atoms with Crippen molar-refractivity contribution in [3.63, 3.8) is 0 Å². The topological polar surface area (TPSA) is 239 Å². The second-order valence-corrected chi connectivity index (χ2v) is 20.7. The van der Waals surface area contributed by atoms with Crippen LogP contribution in [0.25, 0.3) is 0 Å². The number of aliphatic hydroxyl groups is 10. The summed E-state index contributed by atoms with van der Waals surface area (Å²) < 4.78 is 24.7. The van der Waals surface area contributed by atoms with Crippen molar-refractivity contribution in [1.82, 2.24) is 0 Å². The van der Waals surface area contributed by atoms with Gasteiger partial charge in [-0.25, -0.2) is 0 Å². The van der Waals surface area contributed by atoms with Crippen molar-refractivity contribution >= 4 is 0 Å². The van der Waals surface area contributed by atoms with Crippen molar-refractivity contribution in [2.75, 3.05) is 13.2 Å². The monoisotopic (exact) mass is 786 g/mol. The van der Waals surface area contributed by atoms with E-state index in [-0.39, 0.29) is 52.1 Å². The number of aliphatic hydroxyl groups excluding tert-OH is 9. The first kappa shape index (κ1) is 42.6. The lowest BCUT2D eigenvalue weighted by molar-refractivity contribution is -0.316. The smallest absolute Gasteiger partial charge is 0.186 e. The van der Waals surface area contributed by atoms with Gasteiger partial charge in [-0.3, -0.25) is 0 Å². The highest BCUT2D eigenvalue weighted by Crippen LogP contribution is 2.89. The molecule has 7 aliphatic rings. The van der Waals surface area contributed by atoms with Crippen LogP contribution in [0, 0.1) is 50.7 Å². The Bertz CT molecular complexity index is 1390. The predicted molar refractivity (Wildman–Crippen MR) is 196 cm³/mol. The van der Waals surface area contributed by atoms with Gasteiger partial charge in [-0.05, 0) is 116 Å². The minimum absolute atomic E-state index is 0.0420. The Kier molecular flexibility index (Phi) is 11.1. The van der Waals surface area contributed by atoms with Crippen LogP contribution in [0.2, 0.25) is 0 Å². The van der Waals surface area contributed by atoms with Crippen LogP contribution >= 0.6 is 0 Å². The summed E-state index contributed by atoms with van der Waals surface area (Å²) in [5, 5.41) is 106. The molecule has 2 saturated heterocycles. The molecule has 0 radical (unpaired) electrons. The molecule has 14 nitrogen and oxygen atoms in total. The molecule has 0 bridgehead atoms. The van der Waals surface area contributed by atoms with Gasteiger partial charge in [0.1, 0.15) is 42.7 Å². The molecule has 7 fully saturated rings. The van der Waals surface area contributed by atoms with Crippen LogP contribution in [0.3, 0.4) is 0 Å². The number of fused-ring (bicyclic) bond motifs is 2. The standard InChI is InChI=1S/C41H70O14/c1-19(20(43)14-26(45)37(4,5)51)28-22(53-35-33(50)31(48)30(47)23(16-42)54-35)15-39(7)25-9-8-24-36(2,3)27(55-34-32(49)29(46)21(44)17-52-34)10-11-40(24)18-41(25,40)13-12-38(28,39)6/h19-35,42-51H,8-18H2,1-7H3. The van der Waals surface area contributed by atoms with Crippen LogP contribution in [-0.2, 0) is 18.9 Å². The molecule has 21 unspecified atom stereocenters. The Hall–Kier alpha value is -0.560. The molecule has 2 aliphatic heterocycles. The summed E-state index contributed by atoms with van der Waals surface area (Å²) in [6, 6.07) is 0. The maximum absolute atomic E-state index is 11.7. The zero-order valence-corrected chi connectivity index (χ0v) is 33.7. The zero-order chi connectivity index (χ0) is 40.4. The second kappa shape index (κ2) is 14.3. The summed E-state index contributed by atoms with van der Waals surface area (Å²) in [7, 11) is 0. The third kappa shape index (κ3) is 6.33. The number of ether oxygens (including phenoxy) is 4. The summed E-state index contributed by atoms with van der Waals surface area (Å²) in [6.45, 7) is 13.5. The normalized spacial score (nSPS) is 53.6. The summed E-state index contributed by atoms with van der Waals surface area (Å²) in [4.78, 5) is 0. The number of hydrogen-bond donors (Lipinski definition) is 10. The van der Waals surface area contributed by atoms with E-state index in [2.05, 4.69) is 27.7 Å². The quantitative estimate of drug-likeness (QED) is 0.136. The van der Waals surface area contributed by atoms with Gasteiger partial charge in [0.05, 0.1) is 43.2 Å². The zero-order valence-electron chi connectivity index (χ0n) is 33.7. The molecule has 0 amide bonds. The van der Waals surface area contributed by atoms with Crippen LogP contribution in [0.1, 0.15) is 106 Å².